The molecule has 0 aliphatic carbocycles. The molecule has 7 heteroatoms. The molecule has 2 rings (SSSR count). The molecule has 0 radical (unpaired) electrons. The van der Waals surface area contributed by atoms with Gasteiger partial charge in [0.2, 0.25) is 0 Å². The zero-order valence-corrected chi connectivity index (χ0v) is 13.0. The van der Waals surface area contributed by atoms with Crippen LogP contribution in [0.25, 0.3) is 0 Å². The summed E-state index contributed by atoms with van der Waals surface area (Å²) >= 11 is 3.65. The molecule has 104 valence electrons. The Hall–Kier alpha value is -1.21. The van der Waals surface area contributed by atoms with Gasteiger partial charge < -0.3 is 5.32 Å². The molecule has 0 fully saturated rings. The van der Waals surface area contributed by atoms with Gasteiger partial charge in [-0.3, -0.25) is 4.68 Å². The van der Waals surface area contributed by atoms with Gasteiger partial charge in [-0.15, -0.1) is 0 Å². The highest BCUT2D eigenvalue weighted by Crippen LogP contribution is 2.25. The normalized spacial score (nSPS) is 12.8. The number of aromatic nitrogens is 5. The molecule has 6 nitrogen and oxygen atoms in total. The third-order valence-corrected chi connectivity index (χ3v) is 4.06. The van der Waals surface area contributed by atoms with Crippen LogP contribution in [0.1, 0.15) is 37.0 Å². The summed E-state index contributed by atoms with van der Waals surface area (Å²) in [6, 6.07) is 0.139. The Balaban J connectivity index is 2.24. The maximum absolute atomic E-state index is 4.52. The maximum atomic E-state index is 4.52. The summed E-state index contributed by atoms with van der Waals surface area (Å²) in [6.07, 6.45) is 3.51. The summed E-state index contributed by atoms with van der Waals surface area (Å²) in [5, 5.41) is 18.7. The highest BCUT2D eigenvalue weighted by atomic mass is 79.9. The molecule has 0 aromatic carbocycles. The largest absolute Gasteiger partial charge is 0.308 e. The zero-order chi connectivity index (χ0) is 13.8. The van der Waals surface area contributed by atoms with E-state index in [1.807, 2.05) is 11.7 Å². The first-order chi connectivity index (χ1) is 9.17. The van der Waals surface area contributed by atoms with E-state index >= 15 is 0 Å². The molecule has 19 heavy (non-hydrogen) atoms. The fourth-order valence-corrected chi connectivity index (χ4v) is 2.92. The average Bonchev–Trinajstić information content (AvgIpc) is 3.01. The molecule has 0 amide bonds. The predicted molar refractivity (Wildman–Crippen MR) is 76.8 cm³/mol. The molecule has 0 saturated carbocycles. The van der Waals surface area contributed by atoms with Crippen molar-refractivity contribution in [3.63, 3.8) is 0 Å². The zero-order valence-electron chi connectivity index (χ0n) is 11.4. The second-order valence-corrected chi connectivity index (χ2v) is 5.19. The minimum absolute atomic E-state index is 0.139. The Kier molecular flexibility index (Phi) is 4.71. The molecular formula is C12H19BrN6. The standard InChI is InChI=1S/C12H19BrN6/c1-4-8-12(13)11(19(3)17-8)6-9(14-5-2)10-7-15-18-16-10/h7,9,14H,4-6H2,1-3H3,(H,15,16,18). The number of nitrogens with one attached hydrogen (secondary N) is 2. The van der Waals surface area contributed by atoms with Crippen LogP contribution in [0.15, 0.2) is 10.7 Å². The highest BCUT2D eigenvalue weighted by molar-refractivity contribution is 9.10. The summed E-state index contributed by atoms with van der Waals surface area (Å²) in [5.74, 6) is 0. The lowest BCUT2D eigenvalue weighted by atomic mass is 10.1. The van der Waals surface area contributed by atoms with E-state index in [0.29, 0.717) is 0 Å². The Morgan fingerprint density at radius 1 is 1.47 bits per heavy atom. The summed E-state index contributed by atoms with van der Waals surface area (Å²) < 4.78 is 3.04. The molecule has 2 N–H and O–H groups in total. The maximum Gasteiger partial charge on any atom is 0.0997 e. The molecule has 2 heterocycles. The molecule has 0 aliphatic heterocycles. The van der Waals surface area contributed by atoms with Crippen molar-refractivity contribution in [3.8, 4) is 0 Å². The van der Waals surface area contributed by atoms with Crippen molar-refractivity contribution in [2.75, 3.05) is 6.54 Å². The Morgan fingerprint density at radius 3 is 2.79 bits per heavy atom. The van der Waals surface area contributed by atoms with Crippen LogP contribution >= 0.6 is 15.9 Å². The molecular weight excluding hydrogens is 308 g/mol. The number of halogens is 1. The van der Waals surface area contributed by atoms with Gasteiger partial charge >= 0.3 is 0 Å². The van der Waals surface area contributed by atoms with E-state index in [9.17, 15) is 0 Å². The van der Waals surface area contributed by atoms with Crippen LogP contribution in [0.3, 0.4) is 0 Å². The van der Waals surface area contributed by atoms with Gasteiger partial charge in [0.25, 0.3) is 0 Å². The van der Waals surface area contributed by atoms with Crippen molar-refractivity contribution in [2.45, 2.75) is 32.7 Å². The van der Waals surface area contributed by atoms with Crippen LogP contribution in [0.5, 0.6) is 0 Å². The monoisotopic (exact) mass is 326 g/mol. The molecule has 0 bridgehead atoms. The van der Waals surface area contributed by atoms with E-state index in [2.05, 4.69) is 55.6 Å². The van der Waals surface area contributed by atoms with Crippen molar-refractivity contribution in [1.82, 2.24) is 30.5 Å². The summed E-state index contributed by atoms with van der Waals surface area (Å²) in [4.78, 5) is 0. The quantitative estimate of drug-likeness (QED) is 0.848. The predicted octanol–water partition coefficient (Wildman–Crippen LogP) is 1.76. The van der Waals surface area contributed by atoms with Crippen LogP contribution in [0, 0.1) is 0 Å². The smallest absolute Gasteiger partial charge is 0.0997 e. The van der Waals surface area contributed by atoms with E-state index in [0.717, 1.165) is 35.2 Å². The fraction of sp³-hybridized carbons (Fsp3) is 0.583. The van der Waals surface area contributed by atoms with E-state index in [4.69, 9.17) is 0 Å². The van der Waals surface area contributed by atoms with E-state index < -0.39 is 0 Å². The van der Waals surface area contributed by atoms with Gasteiger partial charge in [0.1, 0.15) is 0 Å². The van der Waals surface area contributed by atoms with Crippen LogP contribution < -0.4 is 5.32 Å². The van der Waals surface area contributed by atoms with E-state index in [1.165, 1.54) is 5.69 Å². The number of rotatable bonds is 6. The lowest BCUT2D eigenvalue weighted by Gasteiger charge is -2.15. The lowest BCUT2D eigenvalue weighted by molar-refractivity contribution is 0.515. The second-order valence-electron chi connectivity index (χ2n) is 4.39. The number of hydrogen-bond acceptors (Lipinski definition) is 4. The van der Waals surface area contributed by atoms with Crippen molar-refractivity contribution in [1.29, 1.82) is 0 Å². The van der Waals surface area contributed by atoms with E-state index in [-0.39, 0.29) is 6.04 Å². The fourth-order valence-electron chi connectivity index (χ4n) is 2.14. The summed E-state index contributed by atoms with van der Waals surface area (Å²) in [6.45, 7) is 5.08. The number of aromatic amines is 1. The molecule has 2 aromatic heterocycles. The van der Waals surface area contributed by atoms with Gasteiger partial charge in [0.05, 0.1) is 33.8 Å². The van der Waals surface area contributed by atoms with Crippen LogP contribution in [-0.2, 0) is 19.9 Å². The van der Waals surface area contributed by atoms with Gasteiger partial charge in [0, 0.05) is 13.5 Å². The van der Waals surface area contributed by atoms with Crippen molar-refractivity contribution in [2.24, 2.45) is 7.05 Å². The number of nitrogens with zero attached hydrogens (tertiary/aromatic N) is 4. The van der Waals surface area contributed by atoms with Crippen molar-refractivity contribution < 1.29 is 0 Å². The first-order valence-corrected chi connectivity index (χ1v) is 7.25. The Labute approximate surface area is 121 Å². The number of aryl methyl sites for hydroxylation is 2. The third kappa shape index (κ3) is 3.03. The van der Waals surface area contributed by atoms with Crippen LogP contribution in [0.4, 0.5) is 0 Å². The van der Waals surface area contributed by atoms with Gasteiger partial charge in [-0.05, 0) is 28.9 Å². The molecule has 0 spiro atoms. The molecule has 0 saturated heterocycles. The first kappa shape index (κ1) is 14.2. The molecule has 1 atom stereocenters. The minimum Gasteiger partial charge on any atom is -0.308 e. The highest BCUT2D eigenvalue weighted by Gasteiger charge is 2.20. The topological polar surface area (TPSA) is 71.4 Å². The van der Waals surface area contributed by atoms with Crippen molar-refractivity contribution >= 4 is 15.9 Å². The van der Waals surface area contributed by atoms with Crippen LogP contribution in [0.2, 0.25) is 0 Å². The first-order valence-electron chi connectivity index (χ1n) is 6.46. The van der Waals surface area contributed by atoms with Gasteiger partial charge in [0.15, 0.2) is 0 Å². The summed E-state index contributed by atoms with van der Waals surface area (Å²) in [7, 11) is 1.98. The number of hydrogen-bond donors (Lipinski definition) is 2. The molecule has 2 aromatic rings. The van der Waals surface area contributed by atoms with Crippen molar-refractivity contribution in [3.05, 3.63) is 27.8 Å². The number of H-pyrrole nitrogens is 1. The lowest BCUT2D eigenvalue weighted by Crippen LogP contribution is -2.24. The summed E-state index contributed by atoms with van der Waals surface area (Å²) in [5.41, 5.74) is 3.19. The van der Waals surface area contributed by atoms with Gasteiger partial charge in [-0.2, -0.15) is 20.5 Å². The van der Waals surface area contributed by atoms with Gasteiger partial charge in [-0.1, -0.05) is 13.8 Å². The SMILES string of the molecule is CCNC(Cc1c(Br)c(CC)nn1C)c1cn[nH]n1. The van der Waals surface area contributed by atoms with Gasteiger partial charge in [-0.25, -0.2) is 0 Å². The van der Waals surface area contributed by atoms with Crippen LogP contribution in [-0.4, -0.2) is 31.7 Å². The minimum atomic E-state index is 0.139. The number of likely N-dealkylation sites (N-methyl/N-ethyl adjacent to an activating group) is 1. The molecule has 1 unspecified atom stereocenters. The molecule has 0 aliphatic rings. The average molecular weight is 327 g/mol. The third-order valence-electron chi connectivity index (χ3n) is 3.14. The Bertz CT molecular complexity index is 519. The Morgan fingerprint density at radius 2 is 2.26 bits per heavy atom. The second kappa shape index (κ2) is 6.29. The van der Waals surface area contributed by atoms with E-state index in [1.54, 1.807) is 6.20 Å².